The number of hydrogen-bond donors (Lipinski definition) is 2. The van der Waals surface area contributed by atoms with E-state index < -0.39 is 0 Å². The number of benzene rings is 2. The first-order chi connectivity index (χ1) is 15.1. The highest BCUT2D eigenvalue weighted by molar-refractivity contribution is 5.87. The van der Waals surface area contributed by atoms with Crippen LogP contribution in [0, 0.1) is 0 Å². The second-order valence-electron chi connectivity index (χ2n) is 7.42. The Morgan fingerprint density at radius 3 is 2.61 bits per heavy atom. The molecule has 4 aromatic rings. The molecular formula is C23H27N7O. The molecule has 8 nitrogen and oxygen atoms in total. The van der Waals surface area contributed by atoms with Crippen molar-refractivity contribution in [3.05, 3.63) is 54.2 Å². The van der Waals surface area contributed by atoms with E-state index in [1.807, 2.05) is 6.07 Å². The standard InChI is InChI=1S/C23H27N7O/c1-3-12-31-13-11-30(15(2)17-10-6-8-16-7-4-5-9-18(16)17)23-26-14-19-20(24)27-22(25)28-21(19)29-23/h4-10,14-15H,3,11-13H2,1-2H3,(H4,24,25,26,27,28,29). The van der Waals surface area contributed by atoms with Crippen LogP contribution >= 0.6 is 0 Å². The Labute approximate surface area is 181 Å². The smallest absolute Gasteiger partial charge is 0.227 e. The van der Waals surface area contributed by atoms with E-state index in [1.54, 1.807) is 6.20 Å². The quantitative estimate of drug-likeness (QED) is 0.417. The van der Waals surface area contributed by atoms with Gasteiger partial charge in [-0.25, -0.2) is 4.98 Å². The van der Waals surface area contributed by atoms with Crippen LogP contribution < -0.4 is 16.4 Å². The normalized spacial score (nSPS) is 12.3. The van der Waals surface area contributed by atoms with Gasteiger partial charge in [0.05, 0.1) is 18.0 Å². The highest BCUT2D eigenvalue weighted by Crippen LogP contribution is 2.31. The van der Waals surface area contributed by atoms with E-state index in [9.17, 15) is 0 Å². The Bertz CT molecular complexity index is 1190. The number of hydrogen-bond acceptors (Lipinski definition) is 8. The molecule has 0 amide bonds. The van der Waals surface area contributed by atoms with Gasteiger partial charge in [0.25, 0.3) is 0 Å². The molecule has 0 bridgehead atoms. The molecule has 0 saturated heterocycles. The van der Waals surface area contributed by atoms with E-state index in [2.05, 4.69) is 75.1 Å². The second-order valence-corrected chi connectivity index (χ2v) is 7.42. The molecule has 160 valence electrons. The van der Waals surface area contributed by atoms with Crippen molar-refractivity contribution in [2.24, 2.45) is 0 Å². The van der Waals surface area contributed by atoms with Crippen molar-refractivity contribution in [2.75, 3.05) is 36.1 Å². The Balaban J connectivity index is 1.75. The highest BCUT2D eigenvalue weighted by Gasteiger charge is 2.21. The van der Waals surface area contributed by atoms with E-state index in [4.69, 9.17) is 16.2 Å². The highest BCUT2D eigenvalue weighted by atomic mass is 16.5. The van der Waals surface area contributed by atoms with Crippen molar-refractivity contribution in [2.45, 2.75) is 26.3 Å². The maximum absolute atomic E-state index is 5.97. The lowest BCUT2D eigenvalue weighted by molar-refractivity contribution is 0.139. The third-order valence-corrected chi connectivity index (χ3v) is 5.31. The molecule has 4 N–H and O–H groups in total. The van der Waals surface area contributed by atoms with Crippen molar-refractivity contribution in [3.63, 3.8) is 0 Å². The summed E-state index contributed by atoms with van der Waals surface area (Å²) in [4.78, 5) is 19.6. The fourth-order valence-electron chi connectivity index (χ4n) is 3.74. The SMILES string of the molecule is CCCOCCN(c1ncc2c(N)nc(N)nc2n1)C(C)c1cccc2ccccc12. The predicted molar refractivity (Wildman–Crippen MR) is 125 cm³/mol. The second kappa shape index (κ2) is 9.09. The summed E-state index contributed by atoms with van der Waals surface area (Å²) >= 11 is 0. The Morgan fingerprint density at radius 2 is 1.77 bits per heavy atom. The average molecular weight is 418 g/mol. The monoisotopic (exact) mass is 417 g/mol. The summed E-state index contributed by atoms with van der Waals surface area (Å²) in [6.07, 6.45) is 2.63. The van der Waals surface area contributed by atoms with E-state index in [-0.39, 0.29) is 17.8 Å². The van der Waals surface area contributed by atoms with Crippen molar-refractivity contribution >= 4 is 39.5 Å². The number of nitrogens with zero attached hydrogens (tertiary/aromatic N) is 5. The molecule has 0 aliphatic rings. The first-order valence-corrected chi connectivity index (χ1v) is 10.5. The van der Waals surface area contributed by atoms with Gasteiger partial charge in [0, 0.05) is 19.3 Å². The van der Waals surface area contributed by atoms with Crippen molar-refractivity contribution in [3.8, 4) is 0 Å². The number of rotatable bonds is 8. The Morgan fingerprint density at radius 1 is 0.968 bits per heavy atom. The fourth-order valence-corrected chi connectivity index (χ4v) is 3.74. The molecule has 0 fully saturated rings. The van der Waals surface area contributed by atoms with Crippen molar-refractivity contribution in [1.29, 1.82) is 0 Å². The summed E-state index contributed by atoms with van der Waals surface area (Å²) in [6, 6.07) is 14.7. The van der Waals surface area contributed by atoms with Gasteiger partial charge in [-0.1, -0.05) is 49.4 Å². The van der Waals surface area contributed by atoms with Gasteiger partial charge < -0.3 is 21.1 Å². The summed E-state index contributed by atoms with van der Waals surface area (Å²) in [5.74, 6) is 0.911. The van der Waals surface area contributed by atoms with Crippen LogP contribution in [-0.4, -0.2) is 39.7 Å². The third kappa shape index (κ3) is 4.34. The predicted octanol–water partition coefficient (Wildman–Crippen LogP) is 3.73. The number of aromatic nitrogens is 4. The van der Waals surface area contributed by atoms with Crippen LogP contribution in [0.5, 0.6) is 0 Å². The molecule has 0 aliphatic heterocycles. The molecule has 1 atom stereocenters. The van der Waals surface area contributed by atoms with Crippen LogP contribution in [-0.2, 0) is 4.74 Å². The van der Waals surface area contributed by atoms with Gasteiger partial charge in [0.2, 0.25) is 11.9 Å². The minimum absolute atomic E-state index is 0.00491. The Kier molecular flexibility index (Phi) is 6.08. The van der Waals surface area contributed by atoms with Gasteiger partial charge in [0.1, 0.15) is 5.82 Å². The Hall–Kier alpha value is -3.52. The third-order valence-electron chi connectivity index (χ3n) is 5.31. The summed E-state index contributed by atoms with van der Waals surface area (Å²) in [5.41, 5.74) is 13.4. The number of nitrogen functional groups attached to an aromatic ring is 2. The summed E-state index contributed by atoms with van der Waals surface area (Å²) in [6.45, 7) is 6.16. The number of ether oxygens (including phenoxy) is 1. The maximum atomic E-state index is 5.97. The van der Waals surface area contributed by atoms with Crippen LogP contribution in [0.3, 0.4) is 0 Å². The number of fused-ring (bicyclic) bond motifs is 2. The van der Waals surface area contributed by atoms with E-state index >= 15 is 0 Å². The number of nitrogens with two attached hydrogens (primary N) is 2. The zero-order chi connectivity index (χ0) is 21.8. The minimum Gasteiger partial charge on any atom is -0.383 e. The molecule has 1 unspecified atom stereocenters. The van der Waals surface area contributed by atoms with Crippen LogP contribution in [0.2, 0.25) is 0 Å². The van der Waals surface area contributed by atoms with Gasteiger partial charge in [0.15, 0.2) is 5.65 Å². The molecule has 2 aromatic heterocycles. The van der Waals surface area contributed by atoms with Gasteiger partial charge in [-0.15, -0.1) is 0 Å². The van der Waals surface area contributed by atoms with Gasteiger partial charge >= 0.3 is 0 Å². The molecule has 2 aromatic carbocycles. The van der Waals surface area contributed by atoms with E-state index in [1.165, 1.54) is 16.3 Å². The van der Waals surface area contributed by atoms with Crippen LogP contribution in [0.1, 0.15) is 31.9 Å². The lowest BCUT2D eigenvalue weighted by Gasteiger charge is -2.30. The molecule has 0 aliphatic carbocycles. The molecule has 0 saturated carbocycles. The van der Waals surface area contributed by atoms with Crippen LogP contribution in [0.25, 0.3) is 21.8 Å². The zero-order valence-electron chi connectivity index (χ0n) is 17.8. The molecular weight excluding hydrogens is 390 g/mol. The molecule has 8 heteroatoms. The average Bonchev–Trinajstić information content (AvgIpc) is 2.78. The van der Waals surface area contributed by atoms with Crippen molar-refractivity contribution in [1.82, 2.24) is 19.9 Å². The summed E-state index contributed by atoms with van der Waals surface area (Å²) in [7, 11) is 0. The van der Waals surface area contributed by atoms with Gasteiger partial charge in [-0.05, 0) is 29.7 Å². The van der Waals surface area contributed by atoms with Crippen LogP contribution in [0.15, 0.2) is 48.7 Å². The largest absolute Gasteiger partial charge is 0.383 e. The van der Waals surface area contributed by atoms with Gasteiger partial charge in [-0.3, -0.25) is 0 Å². The minimum atomic E-state index is 0.00491. The molecule has 0 radical (unpaired) electrons. The van der Waals surface area contributed by atoms with E-state index in [0.717, 1.165) is 13.0 Å². The zero-order valence-corrected chi connectivity index (χ0v) is 17.8. The number of anilines is 3. The first-order valence-electron chi connectivity index (χ1n) is 10.5. The molecule has 2 heterocycles. The first kappa shape index (κ1) is 20.7. The molecule has 4 rings (SSSR count). The summed E-state index contributed by atoms with van der Waals surface area (Å²) in [5, 5.41) is 2.98. The summed E-state index contributed by atoms with van der Waals surface area (Å²) < 4.78 is 5.77. The van der Waals surface area contributed by atoms with Crippen LogP contribution in [0.4, 0.5) is 17.7 Å². The van der Waals surface area contributed by atoms with E-state index in [0.29, 0.717) is 30.1 Å². The molecule has 31 heavy (non-hydrogen) atoms. The topological polar surface area (TPSA) is 116 Å². The van der Waals surface area contributed by atoms with Crippen molar-refractivity contribution < 1.29 is 4.74 Å². The lowest BCUT2D eigenvalue weighted by atomic mass is 9.99. The maximum Gasteiger partial charge on any atom is 0.227 e. The molecule has 0 spiro atoms. The lowest BCUT2D eigenvalue weighted by Crippen LogP contribution is -2.32. The van der Waals surface area contributed by atoms with Gasteiger partial charge in [-0.2, -0.15) is 15.0 Å². The fraction of sp³-hybridized carbons (Fsp3) is 0.304.